The van der Waals surface area contributed by atoms with Crippen molar-refractivity contribution < 1.29 is 24.2 Å². The van der Waals surface area contributed by atoms with Gasteiger partial charge in [-0.3, -0.25) is 9.59 Å². The van der Waals surface area contributed by atoms with Gasteiger partial charge in [-0.05, 0) is 60.3 Å². The van der Waals surface area contributed by atoms with Crippen molar-refractivity contribution in [3.05, 3.63) is 59.7 Å². The summed E-state index contributed by atoms with van der Waals surface area (Å²) >= 11 is 0. The Morgan fingerprint density at radius 3 is 2.26 bits per heavy atom. The molecule has 176 valence electrons. The summed E-state index contributed by atoms with van der Waals surface area (Å²) in [6, 6.07) is 16.3. The smallest absolute Gasteiger partial charge is 0.408 e. The van der Waals surface area contributed by atoms with Crippen molar-refractivity contribution in [2.45, 2.75) is 37.6 Å². The second kappa shape index (κ2) is 7.32. The Kier molecular flexibility index (Phi) is 4.57. The zero-order valence-corrected chi connectivity index (χ0v) is 19.1. The van der Waals surface area contributed by atoms with E-state index in [-0.39, 0.29) is 36.8 Å². The lowest BCUT2D eigenvalue weighted by molar-refractivity contribution is -0.144. The van der Waals surface area contributed by atoms with Gasteiger partial charge in [0.25, 0.3) is 0 Å². The van der Waals surface area contributed by atoms with Crippen LogP contribution in [0.2, 0.25) is 0 Å². The molecule has 1 heterocycles. The zero-order chi connectivity index (χ0) is 23.7. The number of ether oxygens (including phenoxy) is 1. The van der Waals surface area contributed by atoms with E-state index in [0.717, 1.165) is 35.1 Å². The first kappa shape index (κ1) is 21.2. The summed E-state index contributed by atoms with van der Waals surface area (Å²) in [5.74, 6) is -1.02. The molecule has 3 atom stereocenters. The van der Waals surface area contributed by atoms with Crippen LogP contribution >= 0.6 is 0 Å². The molecule has 0 bridgehead atoms. The quantitative estimate of drug-likeness (QED) is 0.686. The number of hydrogen-bond donors (Lipinski definition) is 2. The van der Waals surface area contributed by atoms with Gasteiger partial charge in [0.15, 0.2) is 0 Å². The standard InChI is InChI=1S/C27H28N2O5/c1-26(16-10-11-16,23(30)29-13-17-12-27(17,15-29)24(31)32)28-25(33)34-14-22-20-8-4-2-6-18(20)19-7-3-5-9-21(19)22/h2-9,16-17,22H,10-15H2,1H3,(H,28,33)(H,31,32). The molecular weight excluding hydrogens is 432 g/mol. The van der Waals surface area contributed by atoms with Crippen LogP contribution in [0.1, 0.15) is 43.2 Å². The summed E-state index contributed by atoms with van der Waals surface area (Å²) < 4.78 is 5.70. The number of rotatable bonds is 6. The first-order valence-corrected chi connectivity index (χ1v) is 12.0. The Morgan fingerprint density at radius 2 is 1.71 bits per heavy atom. The molecule has 4 aliphatic rings. The summed E-state index contributed by atoms with van der Waals surface area (Å²) in [6.07, 6.45) is 1.73. The number of benzene rings is 2. The number of carbonyl (C=O) groups excluding carboxylic acids is 2. The number of carbonyl (C=O) groups is 3. The van der Waals surface area contributed by atoms with Crippen LogP contribution in [0.4, 0.5) is 4.79 Å². The van der Waals surface area contributed by atoms with E-state index in [4.69, 9.17) is 4.74 Å². The van der Waals surface area contributed by atoms with Crippen LogP contribution in [-0.2, 0) is 14.3 Å². The van der Waals surface area contributed by atoms with Gasteiger partial charge in [-0.1, -0.05) is 48.5 Å². The molecule has 0 spiro atoms. The lowest BCUT2D eigenvalue weighted by Crippen LogP contribution is -2.59. The highest BCUT2D eigenvalue weighted by molar-refractivity contribution is 5.92. The fourth-order valence-electron chi connectivity index (χ4n) is 6.13. The number of piperidine rings is 1. The average Bonchev–Trinajstić information content (AvgIpc) is 3.75. The molecule has 2 amide bonds. The van der Waals surface area contributed by atoms with Gasteiger partial charge in [-0.25, -0.2) is 4.79 Å². The van der Waals surface area contributed by atoms with Crippen LogP contribution < -0.4 is 5.32 Å². The number of nitrogens with zero attached hydrogens (tertiary/aromatic N) is 1. The van der Waals surface area contributed by atoms with Gasteiger partial charge < -0.3 is 20.1 Å². The predicted octanol–water partition coefficient (Wildman–Crippen LogP) is 3.63. The molecule has 2 saturated carbocycles. The van der Waals surface area contributed by atoms with Crippen LogP contribution in [-0.4, -0.2) is 53.2 Å². The third-order valence-electron chi connectivity index (χ3n) is 8.40. The normalized spacial score (nSPS) is 26.1. The van der Waals surface area contributed by atoms with E-state index in [9.17, 15) is 19.5 Å². The fraction of sp³-hybridized carbons (Fsp3) is 0.444. The second-order valence-electron chi connectivity index (χ2n) is 10.5. The first-order chi connectivity index (χ1) is 16.3. The molecule has 1 aliphatic heterocycles. The number of likely N-dealkylation sites (tertiary alicyclic amines) is 1. The summed E-state index contributed by atoms with van der Waals surface area (Å²) in [6.45, 7) is 2.61. The van der Waals surface area contributed by atoms with Gasteiger partial charge in [0.2, 0.25) is 5.91 Å². The Morgan fingerprint density at radius 1 is 1.09 bits per heavy atom. The van der Waals surface area contributed by atoms with Gasteiger partial charge in [-0.2, -0.15) is 0 Å². The summed E-state index contributed by atoms with van der Waals surface area (Å²) in [5.41, 5.74) is 2.71. The van der Waals surface area contributed by atoms with Crippen molar-refractivity contribution >= 4 is 18.0 Å². The minimum Gasteiger partial charge on any atom is -0.481 e. The van der Waals surface area contributed by atoms with Crippen molar-refractivity contribution in [3.8, 4) is 11.1 Å². The number of carboxylic acids is 1. The molecule has 6 rings (SSSR count). The number of carboxylic acid groups (broad SMARTS) is 1. The number of amides is 2. The van der Waals surface area contributed by atoms with Crippen LogP contribution in [0, 0.1) is 17.3 Å². The van der Waals surface area contributed by atoms with Gasteiger partial charge in [-0.15, -0.1) is 0 Å². The summed E-state index contributed by atoms with van der Waals surface area (Å²) in [7, 11) is 0. The third kappa shape index (κ3) is 3.13. The van der Waals surface area contributed by atoms with Gasteiger partial charge in [0.1, 0.15) is 12.1 Å². The van der Waals surface area contributed by atoms with Gasteiger partial charge in [0.05, 0.1) is 5.41 Å². The molecule has 3 unspecified atom stereocenters. The Balaban J connectivity index is 1.15. The monoisotopic (exact) mass is 460 g/mol. The van der Waals surface area contributed by atoms with Crippen molar-refractivity contribution in [2.24, 2.45) is 17.3 Å². The Hall–Kier alpha value is -3.35. The van der Waals surface area contributed by atoms with E-state index in [0.29, 0.717) is 13.0 Å². The molecule has 2 aromatic rings. The van der Waals surface area contributed by atoms with Crippen molar-refractivity contribution in [1.82, 2.24) is 10.2 Å². The SMILES string of the molecule is CC(NC(=O)OCC1c2ccccc2-c2ccccc21)(C(=O)N1CC2CC2(C(=O)O)C1)C1CC1. The van der Waals surface area contributed by atoms with E-state index in [1.165, 1.54) is 0 Å². The maximum atomic E-state index is 13.5. The van der Waals surface area contributed by atoms with E-state index in [1.807, 2.05) is 24.3 Å². The third-order valence-corrected chi connectivity index (χ3v) is 8.40. The molecule has 2 aromatic carbocycles. The summed E-state index contributed by atoms with van der Waals surface area (Å²) in [4.78, 5) is 39.7. The number of alkyl carbamates (subject to hydrolysis) is 1. The van der Waals surface area contributed by atoms with Crippen molar-refractivity contribution in [2.75, 3.05) is 19.7 Å². The van der Waals surface area contributed by atoms with E-state index in [2.05, 4.69) is 29.6 Å². The molecule has 0 aromatic heterocycles. The molecule has 3 fully saturated rings. The highest BCUT2D eigenvalue weighted by Crippen LogP contribution is 2.58. The lowest BCUT2D eigenvalue weighted by Gasteiger charge is -2.34. The molecule has 3 aliphatic carbocycles. The molecule has 2 N–H and O–H groups in total. The predicted molar refractivity (Wildman–Crippen MR) is 124 cm³/mol. The number of hydrogen-bond acceptors (Lipinski definition) is 4. The van der Waals surface area contributed by atoms with Crippen molar-refractivity contribution in [3.63, 3.8) is 0 Å². The van der Waals surface area contributed by atoms with Gasteiger partial charge >= 0.3 is 12.1 Å². The minimum absolute atomic E-state index is 0.0202. The van der Waals surface area contributed by atoms with Crippen LogP contribution in [0.15, 0.2) is 48.5 Å². The first-order valence-electron chi connectivity index (χ1n) is 12.0. The van der Waals surface area contributed by atoms with E-state index >= 15 is 0 Å². The number of nitrogens with one attached hydrogen (secondary N) is 1. The highest BCUT2D eigenvalue weighted by atomic mass is 16.5. The fourth-order valence-corrected chi connectivity index (χ4v) is 6.13. The highest BCUT2D eigenvalue weighted by Gasteiger charge is 2.67. The average molecular weight is 461 g/mol. The lowest BCUT2D eigenvalue weighted by atomic mass is 9.93. The molecule has 1 saturated heterocycles. The minimum atomic E-state index is -1.08. The van der Waals surface area contributed by atoms with E-state index in [1.54, 1.807) is 11.8 Å². The summed E-state index contributed by atoms with van der Waals surface area (Å²) in [5, 5.41) is 12.4. The number of fused-ring (bicyclic) bond motifs is 4. The molecule has 7 nitrogen and oxygen atoms in total. The van der Waals surface area contributed by atoms with Crippen LogP contribution in [0.25, 0.3) is 11.1 Å². The zero-order valence-electron chi connectivity index (χ0n) is 19.1. The largest absolute Gasteiger partial charge is 0.481 e. The Labute approximate surface area is 198 Å². The van der Waals surface area contributed by atoms with Gasteiger partial charge in [0, 0.05) is 19.0 Å². The van der Waals surface area contributed by atoms with Crippen LogP contribution in [0.3, 0.4) is 0 Å². The molecule has 0 radical (unpaired) electrons. The topological polar surface area (TPSA) is 95.9 Å². The molecule has 7 heteroatoms. The van der Waals surface area contributed by atoms with Crippen LogP contribution in [0.5, 0.6) is 0 Å². The second-order valence-corrected chi connectivity index (χ2v) is 10.5. The maximum Gasteiger partial charge on any atom is 0.408 e. The maximum absolute atomic E-state index is 13.5. The van der Waals surface area contributed by atoms with E-state index < -0.39 is 23.0 Å². The molecule has 34 heavy (non-hydrogen) atoms. The van der Waals surface area contributed by atoms with Crippen molar-refractivity contribution in [1.29, 1.82) is 0 Å². The number of aliphatic carboxylic acids is 1. The molecular formula is C27H28N2O5. The Bertz CT molecular complexity index is 1160.